The summed E-state index contributed by atoms with van der Waals surface area (Å²) in [6, 6.07) is 6.44. The van der Waals surface area contributed by atoms with Crippen molar-refractivity contribution in [3.8, 4) is 10.4 Å². The van der Waals surface area contributed by atoms with Gasteiger partial charge in [-0.25, -0.2) is 15.0 Å². The van der Waals surface area contributed by atoms with Crippen molar-refractivity contribution >= 4 is 28.9 Å². The summed E-state index contributed by atoms with van der Waals surface area (Å²) < 4.78 is 70.6. The molecule has 3 aromatic heterocycles. The monoisotopic (exact) mass is 644 g/mol. The lowest BCUT2D eigenvalue weighted by Gasteiger charge is -2.34. The smallest absolute Gasteiger partial charge is 0.433 e. The Bertz CT molecular complexity index is 1570. The number of benzene rings is 1. The summed E-state index contributed by atoms with van der Waals surface area (Å²) in [7, 11) is 0. The molecule has 11 nitrogen and oxygen atoms in total. The number of carboxylic acid groups (broad SMARTS) is 1. The van der Waals surface area contributed by atoms with Crippen molar-refractivity contribution in [2.75, 3.05) is 5.32 Å². The minimum absolute atomic E-state index is 0.0752. The van der Waals surface area contributed by atoms with Gasteiger partial charge in [-0.3, -0.25) is 0 Å². The van der Waals surface area contributed by atoms with E-state index in [4.69, 9.17) is 9.90 Å². The Kier molecular flexibility index (Phi) is 9.53. The second-order valence-corrected chi connectivity index (χ2v) is 11.4. The Labute approximate surface area is 249 Å². The Morgan fingerprint density at radius 3 is 2.41 bits per heavy atom. The maximum Gasteiger partial charge on any atom is 0.433 e. The summed E-state index contributed by atoms with van der Waals surface area (Å²) in [5.41, 5.74) is 0.286. The fourth-order valence-electron chi connectivity index (χ4n) is 4.84. The largest absolute Gasteiger partial charge is 0.542 e. The van der Waals surface area contributed by atoms with Crippen molar-refractivity contribution in [1.29, 1.82) is 0 Å². The molecule has 3 heterocycles. The van der Waals surface area contributed by atoms with Crippen LogP contribution in [0.4, 0.5) is 38.0 Å². The molecule has 0 radical (unpaired) electrons. The topological polar surface area (TPSA) is 167 Å². The van der Waals surface area contributed by atoms with E-state index in [1.165, 1.54) is 11.3 Å². The van der Waals surface area contributed by atoms with Crippen LogP contribution in [0, 0.1) is 12.8 Å². The molecule has 4 N–H and O–H groups in total. The predicted octanol–water partition coefficient (Wildman–Crippen LogP) is 4.08. The fraction of sp³-hybridized carbons (Fsp3) is 0.423. The zero-order chi connectivity index (χ0) is 32.3. The number of nitrogens with zero attached hydrogens (tertiary/aromatic N) is 5. The number of aromatic nitrogens is 7. The number of halogens is 6. The summed E-state index contributed by atoms with van der Waals surface area (Å²) in [4.78, 5) is 20.4. The zero-order valence-electron chi connectivity index (χ0n) is 23.1. The number of carboxylic acids is 1. The molecule has 0 spiro atoms. The molecule has 0 aliphatic heterocycles. The number of aliphatic carboxylic acids is 1. The number of aliphatic hydroxyl groups is 1. The van der Waals surface area contributed by atoms with E-state index in [0.717, 1.165) is 64.8 Å². The Hall–Kier alpha value is -4.19. The third-order valence-electron chi connectivity index (χ3n) is 7.05. The molecule has 1 aliphatic carbocycles. The van der Waals surface area contributed by atoms with Crippen LogP contribution in [-0.4, -0.2) is 47.8 Å². The molecule has 44 heavy (non-hydrogen) atoms. The highest BCUT2D eigenvalue weighted by atomic mass is 32.1. The summed E-state index contributed by atoms with van der Waals surface area (Å²) in [5.74, 6) is -2.10. The number of tetrazole rings is 1. The number of alkyl halides is 6. The van der Waals surface area contributed by atoms with Crippen LogP contribution in [0.5, 0.6) is 0 Å². The summed E-state index contributed by atoms with van der Waals surface area (Å²) in [6.45, 7) is 3.74. The van der Waals surface area contributed by atoms with Gasteiger partial charge in [0.1, 0.15) is 16.5 Å². The van der Waals surface area contributed by atoms with Gasteiger partial charge >= 0.3 is 12.4 Å². The molecule has 1 saturated carbocycles. The van der Waals surface area contributed by atoms with Gasteiger partial charge in [0.25, 0.3) is 5.01 Å². The summed E-state index contributed by atoms with van der Waals surface area (Å²) in [6.07, 6.45) is -3.40. The number of nitrogens with one attached hydrogen (secondary N) is 3. The number of H-pyrrole nitrogens is 2. The van der Waals surface area contributed by atoms with Gasteiger partial charge in [-0.15, -0.1) is 10.2 Å². The van der Waals surface area contributed by atoms with E-state index < -0.39 is 29.6 Å². The number of hydrogen-bond donors (Lipinski definition) is 3. The molecule has 1 aromatic carbocycles. The predicted molar refractivity (Wildman–Crippen MR) is 141 cm³/mol. The third kappa shape index (κ3) is 8.04. The molecule has 1 aliphatic rings. The maximum absolute atomic E-state index is 13.0. The SMILES string of the molecule is Cc1cc(Nc2nccc(C(F)(F)F)n2)cc(-c2c[nH+]c(C(C)(O)C3CCC(c4nn[nH]n4)CC3)s2)c1.O=C([O-])C(F)(F)F. The highest BCUT2D eigenvalue weighted by molar-refractivity contribution is 7.14. The zero-order valence-corrected chi connectivity index (χ0v) is 23.9. The average Bonchev–Trinajstić information content (AvgIpc) is 3.66. The van der Waals surface area contributed by atoms with E-state index >= 15 is 0 Å². The van der Waals surface area contributed by atoms with E-state index in [1.807, 2.05) is 38.2 Å². The van der Waals surface area contributed by atoms with Crippen LogP contribution in [0.25, 0.3) is 10.4 Å². The molecule has 0 saturated heterocycles. The standard InChI is InChI=1S/C24H25F3N8OS.C2HF3O2/c1-13-9-15(11-17(10-13)30-22-28-8-7-19(31-22)24(25,26)27)18-12-29-21(37-18)23(2,36)16-5-3-14(4-6-16)20-32-34-35-33-20;3-2(4,5)1(6)7/h7-12,14,16,36H,3-6H2,1-2H3,(H,28,30,31)(H,32,33,34,35);(H,6,7). The lowest BCUT2D eigenvalue weighted by Crippen LogP contribution is -2.37. The van der Waals surface area contributed by atoms with Crippen LogP contribution in [0.3, 0.4) is 0 Å². The maximum atomic E-state index is 13.0. The molecular weight excluding hydrogens is 618 g/mol. The molecule has 1 unspecified atom stereocenters. The second-order valence-electron chi connectivity index (χ2n) is 10.3. The van der Waals surface area contributed by atoms with Crippen LogP contribution in [0.2, 0.25) is 0 Å². The van der Waals surface area contributed by atoms with Crippen molar-refractivity contribution < 1.29 is 46.3 Å². The number of aromatic amines is 2. The van der Waals surface area contributed by atoms with Gasteiger partial charge in [0.05, 0.1) is 0 Å². The van der Waals surface area contributed by atoms with E-state index in [-0.39, 0.29) is 17.8 Å². The average molecular weight is 645 g/mol. The van der Waals surface area contributed by atoms with Crippen molar-refractivity contribution in [3.05, 3.63) is 58.7 Å². The second kappa shape index (κ2) is 12.8. The molecule has 0 bridgehead atoms. The fourth-order valence-corrected chi connectivity index (χ4v) is 5.90. The molecule has 1 atom stereocenters. The number of carbonyl (C=O) groups is 1. The van der Waals surface area contributed by atoms with E-state index in [2.05, 4.69) is 40.9 Å². The lowest BCUT2D eigenvalue weighted by atomic mass is 9.74. The Balaban J connectivity index is 0.000000566. The molecule has 236 valence electrons. The first-order valence-corrected chi connectivity index (χ1v) is 13.9. The number of anilines is 2. The van der Waals surface area contributed by atoms with Crippen LogP contribution in [0.15, 0.2) is 36.7 Å². The number of thiazole rings is 1. The van der Waals surface area contributed by atoms with Gasteiger partial charge in [-0.2, -0.15) is 31.6 Å². The molecule has 1 fully saturated rings. The summed E-state index contributed by atoms with van der Waals surface area (Å²) in [5, 5.41) is 38.3. The minimum atomic E-state index is -5.19. The lowest BCUT2D eigenvalue weighted by molar-refractivity contribution is -0.401. The van der Waals surface area contributed by atoms with Gasteiger partial charge in [0.15, 0.2) is 17.6 Å². The van der Waals surface area contributed by atoms with Crippen molar-refractivity contribution in [1.82, 2.24) is 30.6 Å². The number of rotatable bonds is 6. The van der Waals surface area contributed by atoms with E-state index in [0.29, 0.717) is 5.69 Å². The normalized spacial score (nSPS) is 18.6. The van der Waals surface area contributed by atoms with Gasteiger partial charge in [-0.05, 0) is 69.2 Å². The van der Waals surface area contributed by atoms with Crippen LogP contribution in [0.1, 0.15) is 60.6 Å². The first-order valence-electron chi connectivity index (χ1n) is 13.1. The van der Waals surface area contributed by atoms with Gasteiger partial charge in [0, 0.05) is 23.4 Å². The van der Waals surface area contributed by atoms with Crippen molar-refractivity contribution in [2.45, 2.75) is 63.4 Å². The van der Waals surface area contributed by atoms with Crippen molar-refractivity contribution in [3.63, 3.8) is 0 Å². The minimum Gasteiger partial charge on any atom is -0.542 e. The number of aryl methyl sites for hydroxylation is 1. The van der Waals surface area contributed by atoms with Crippen molar-refractivity contribution in [2.24, 2.45) is 5.92 Å². The van der Waals surface area contributed by atoms with E-state index in [1.54, 1.807) is 0 Å². The highest BCUT2D eigenvalue weighted by Crippen LogP contribution is 2.44. The van der Waals surface area contributed by atoms with Gasteiger partial charge < -0.3 is 20.3 Å². The molecular formula is C26H26F6N8O3S. The van der Waals surface area contributed by atoms with Crippen LogP contribution in [-0.2, 0) is 16.6 Å². The van der Waals surface area contributed by atoms with Gasteiger partial charge in [0.2, 0.25) is 5.95 Å². The highest BCUT2D eigenvalue weighted by Gasteiger charge is 2.43. The number of carbonyl (C=O) groups excluding carboxylic acids is 1. The van der Waals surface area contributed by atoms with Gasteiger partial charge in [-0.1, -0.05) is 22.6 Å². The van der Waals surface area contributed by atoms with E-state index in [9.17, 15) is 31.4 Å². The molecule has 4 aromatic rings. The third-order valence-corrected chi connectivity index (χ3v) is 8.36. The van der Waals surface area contributed by atoms with Crippen LogP contribution >= 0.6 is 11.3 Å². The molecule has 0 amide bonds. The first kappa shape index (κ1) is 32.7. The molecule has 18 heteroatoms. The summed E-state index contributed by atoms with van der Waals surface area (Å²) >= 11 is 1.46. The Morgan fingerprint density at radius 1 is 1.14 bits per heavy atom. The quantitative estimate of drug-likeness (QED) is 0.262. The van der Waals surface area contributed by atoms with Crippen LogP contribution < -0.4 is 15.4 Å². The number of hydrogen-bond acceptors (Lipinski definition) is 10. The Morgan fingerprint density at radius 2 is 1.82 bits per heavy atom. The first-order chi connectivity index (χ1) is 20.5. The molecule has 5 rings (SSSR count).